The number of aryl methyl sites for hydroxylation is 1. The molecule has 0 spiro atoms. The van der Waals surface area contributed by atoms with Crippen LogP contribution < -0.4 is 5.32 Å². The molecule has 2 bridgehead atoms. The van der Waals surface area contributed by atoms with Crippen molar-refractivity contribution in [1.82, 2.24) is 24.9 Å². The van der Waals surface area contributed by atoms with Gasteiger partial charge in [-0.1, -0.05) is 29.8 Å². The summed E-state index contributed by atoms with van der Waals surface area (Å²) in [6, 6.07) is 9.51. The van der Waals surface area contributed by atoms with E-state index < -0.39 is 0 Å². The predicted octanol–water partition coefficient (Wildman–Crippen LogP) is 1.31. The molecule has 1 aromatic carbocycles. The summed E-state index contributed by atoms with van der Waals surface area (Å²) in [5.74, 6) is 1.07. The van der Waals surface area contributed by atoms with E-state index in [0.29, 0.717) is 6.04 Å². The van der Waals surface area contributed by atoms with E-state index in [4.69, 9.17) is 0 Å². The Labute approximate surface area is 187 Å². The number of guanidine groups is 1. The molecule has 0 aliphatic carbocycles. The molecule has 0 aromatic heterocycles. The lowest BCUT2D eigenvalue weighted by atomic mass is 10.1. The average molecular weight is 498 g/mol. The predicted molar refractivity (Wildman–Crippen MR) is 127 cm³/mol. The number of halogens is 1. The van der Waals surface area contributed by atoms with Gasteiger partial charge in [0.15, 0.2) is 5.96 Å². The fraction of sp³-hybridized carbons (Fsp3) is 0.667. The molecule has 1 aromatic rings. The van der Waals surface area contributed by atoms with Gasteiger partial charge >= 0.3 is 0 Å². The van der Waals surface area contributed by atoms with Crippen molar-refractivity contribution in [2.24, 2.45) is 4.99 Å². The van der Waals surface area contributed by atoms with E-state index in [-0.39, 0.29) is 24.0 Å². The maximum Gasteiger partial charge on any atom is 0.193 e. The summed E-state index contributed by atoms with van der Waals surface area (Å²) in [6.45, 7) is 14.7. The van der Waals surface area contributed by atoms with E-state index in [0.717, 1.165) is 45.2 Å². The number of nitrogens with zero attached hydrogens (tertiary/aromatic N) is 5. The first-order valence-electron chi connectivity index (χ1n) is 10.4. The third-order valence-electron chi connectivity index (χ3n) is 6.26. The van der Waals surface area contributed by atoms with Crippen LogP contribution in [0.5, 0.6) is 0 Å². The second-order valence-electron chi connectivity index (χ2n) is 8.17. The third kappa shape index (κ3) is 5.37. The Morgan fingerprint density at radius 1 is 1.07 bits per heavy atom. The molecule has 4 heterocycles. The van der Waals surface area contributed by atoms with E-state index in [9.17, 15) is 0 Å². The number of rotatable bonds is 4. The van der Waals surface area contributed by atoms with Crippen LogP contribution in [0.3, 0.4) is 0 Å². The molecule has 4 aliphatic heterocycles. The SMILES string of the molecule is CN=C(NCC1CN2CCN1CC2)N1CCN(Cc2cccc(C)c2)CC1.I. The number of aliphatic imine (C=N–C) groups is 1. The van der Waals surface area contributed by atoms with E-state index in [2.05, 4.69) is 61.1 Å². The Hall–Kier alpha value is -0.900. The molecular weight excluding hydrogens is 463 g/mol. The minimum Gasteiger partial charge on any atom is -0.355 e. The van der Waals surface area contributed by atoms with Crippen LogP contribution in [0, 0.1) is 6.92 Å². The maximum atomic E-state index is 4.56. The van der Waals surface area contributed by atoms with Crippen molar-refractivity contribution in [2.75, 3.05) is 72.5 Å². The molecule has 1 unspecified atom stereocenters. The monoisotopic (exact) mass is 498 g/mol. The summed E-state index contributed by atoms with van der Waals surface area (Å²) in [7, 11) is 1.91. The first-order chi connectivity index (χ1) is 13.2. The van der Waals surface area contributed by atoms with Gasteiger partial charge in [-0.2, -0.15) is 0 Å². The maximum absolute atomic E-state index is 4.56. The number of hydrogen-bond donors (Lipinski definition) is 1. The highest BCUT2D eigenvalue weighted by Gasteiger charge is 2.32. The molecule has 28 heavy (non-hydrogen) atoms. The van der Waals surface area contributed by atoms with E-state index in [1.54, 1.807) is 0 Å². The van der Waals surface area contributed by atoms with Crippen LogP contribution in [0.2, 0.25) is 0 Å². The molecule has 4 aliphatic rings. The second kappa shape index (κ2) is 10.2. The summed E-state index contributed by atoms with van der Waals surface area (Å²) in [5.41, 5.74) is 2.77. The van der Waals surface area contributed by atoms with Gasteiger partial charge in [0.05, 0.1) is 0 Å². The lowest BCUT2D eigenvalue weighted by Gasteiger charge is -2.47. The standard InChI is InChI=1S/C21H34N6.HI/c1-18-4-3-5-19(14-18)16-24-8-12-27(13-9-24)21(22-2)23-15-20-17-25-6-10-26(20)11-7-25;/h3-5,14,20H,6-13,15-17H2,1-2H3,(H,22,23);1H. The fourth-order valence-electron chi connectivity index (χ4n) is 4.65. The van der Waals surface area contributed by atoms with Gasteiger partial charge in [-0.05, 0) is 12.5 Å². The van der Waals surface area contributed by atoms with Crippen molar-refractivity contribution in [1.29, 1.82) is 0 Å². The summed E-state index contributed by atoms with van der Waals surface area (Å²) in [4.78, 5) is 14.8. The fourth-order valence-corrected chi connectivity index (χ4v) is 4.65. The van der Waals surface area contributed by atoms with Gasteiger partial charge < -0.3 is 10.2 Å². The summed E-state index contributed by atoms with van der Waals surface area (Å²) < 4.78 is 0. The summed E-state index contributed by atoms with van der Waals surface area (Å²) in [5, 5.41) is 3.65. The Bertz CT molecular complexity index is 650. The topological polar surface area (TPSA) is 37.4 Å². The van der Waals surface area contributed by atoms with Crippen LogP contribution in [0.25, 0.3) is 0 Å². The Kier molecular flexibility index (Phi) is 7.96. The molecule has 0 amide bonds. The van der Waals surface area contributed by atoms with Gasteiger partial charge in [0.1, 0.15) is 0 Å². The summed E-state index contributed by atoms with van der Waals surface area (Å²) in [6.07, 6.45) is 0. The van der Waals surface area contributed by atoms with Crippen molar-refractivity contribution < 1.29 is 0 Å². The number of hydrogen-bond acceptors (Lipinski definition) is 4. The number of nitrogens with one attached hydrogen (secondary N) is 1. The molecule has 6 nitrogen and oxygen atoms in total. The van der Waals surface area contributed by atoms with Crippen LogP contribution in [-0.2, 0) is 6.54 Å². The van der Waals surface area contributed by atoms with Crippen molar-refractivity contribution in [2.45, 2.75) is 19.5 Å². The van der Waals surface area contributed by atoms with Crippen molar-refractivity contribution in [3.05, 3.63) is 35.4 Å². The highest BCUT2D eigenvalue weighted by Crippen LogP contribution is 2.15. The zero-order chi connectivity index (χ0) is 18.6. The smallest absolute Gasteiger partial charge is 0.193 e. The van der Waals surface area contributed by atoms with E-state index >= 15 is 0 Å². The van der Waals surface area contributed by atoms with E-state index in [1.165, 1.54) is 43.9 Å². The third-order valence-corrected chi connectivity index (χ3v) is 6.26. The molecule has 0 saturated carbocycles. The molecule has 4 fully saturated rings. The van der Waals surface area contributed by atoms with Gasteiger partial charge in [0, 0.05) is 85.1 Å². The van der Waals surface area contributed by atoms with Crippen molar-refractivity contribution >= 4 is 29.9 Å². The molecule has 7 heteroatoms. The molecule has 5 rings (SSSR count). The minimum atomic E-state index is 0. The summed E-state index contributed by atoms with van der Waals surface area (Å²) >= 11 is 0. The van der Waals surface area contributed by atoms with Crippen LogP contribution >= 0.6 is 24.0 Å². The van der Waals surface area contributed by atoms with Crippen molar-refractivity contribution in [3.63, 3.8) is 0 Å². The highest BCUT2D eigenvalue weighted by atomic mass is 127. The zero-order valence-electron chi connectivity index (χ0n) is 17.3. The van der Waals surface area contributed by atoms with Gasteiger partial charge in [-0.3, -0.25) is 19.7 Å². The Morgan fingerprint density at radius 2 is 1.82 bits per heavy atom. The van der Waals surface area contributed by atoms with Crippen LogP contribution in [0.1, 0.15) is 11.1 Å². The Balaban J connectivity index is 0.00000225. The second-order valence-corrected chi connectivity index (χ2v) is 8.17. The molecule has 4 saturated heterocycles. The lowest BCUT2D eigenvalue weighted by molar-refractivity contribution is 0.0151. The molecular formula is C21H35IN6. The van der Waals surface area contributed by atoms with Gasteiger partial charge in [-0.15, -0.1) is 24.0 Å². The average Bonchev–Trinajstić information content (AvgIpc) is 2.70. The minimum absolute atomic E-state index is 0. The first kappa shape index (κ1) is 21.8. The molecule has 156 valence electrons. The molecule has 0 radical (unpaired) electrons. The van der Waals surface area contributed by atoms with Crippen molar-refractivity contribution in [3.8, 4) is 0 Å². The largest absolute Gasteiger partial charge is 0.355 e. The van der Waals surface area contributed by atoms with Gasteiger partial charge in [0.25, 0.3) is 0 Å². The molecule has 1 N–H and O–H groups in total. The molecule has 1 atom stereocenters. The number of piperazine rings is 4. The Morgan fingerprint density at radius 3 is 2.43 bits per heavy atom. The lowest BCUT2D eigenvalue weighted by Crippen LogP contribution is -2.64. The quantitative estimate of drug-likeness (QED) is 0.385. The number of fused-ring (bicyclic) bond motifs is 3. The van der Waals surface area contributed by atoms with Gasteiger partial charge in [-0.25, -0.2) is 0 Å². The van der Waals surface area contributed by atoms with Crippen LogP contribution in [-0.4, -0.2) is 104 Å². The van der Waals surface area contributed by atoms with Gasteiger partial charge in [0.2, 0.25) is 0 Å². The van der Waals surface area contributed by atoms with Crippen LogP contribution in [0.15, 0.2) is 29.3 Å². The number of benzene rings is 1. The van der Waals surface area contributed by atoms with Crippen LogP contribution in [0.4, 0.5) is 0 Å². The van der Waals surface area contributed by atoms with E-state index in [1.807, 2.05) is 7.05 Å². The first-order valence-corrected chi connectivity index (χ1v) is 10.4. The highest BCUT2D eigenvalue weighted by molar-refractivity contribution is 14.0. The normalized spacial score (nSPS) is 28.1. The zero-order valence-corrected chi connectivity index (χ0v) is 19.6.